The molecule has 0 atom stereocenters. The predicted molar refractivity (Wildman–Crippen MR) is 78.6 cm³/mol. The zero-order valence-corrected chi connectivity index (χ0v) is 13.1. The van der Waals surface area contributed by atoms with Gasteiger partial charge < -0.3 is 9.84 Å². The van der Waals surface area contributed by atoms with Crippen molar-refractivity contribution in [3.05, 3.63) is 28.7 Å². The van der Waals surface area contributed by atoms with Gasteiger partial charge in [-0.05, 0) is 44.7 Å². The van der Waals surface area contributed by atoms with Crippen LogP contribution in [-0.2, 0) is 4.79 Å². The van der Waals surface area contributed by atoms with Gasteiger partial charge in [0.2, 0.25) is 0 Å². The van der Waals surface area contributed by atoms with Crippen molar-refractivity contribution in [3.8, 4) is 5.75 Å². The van der Waals surface area contributed by atoms with Crippen molar-refractivity contribution >= 4 is 21.9 Å². The van der Waals surface area contributed by atoms with Gasteiger partial charge in [-0.3, -0.25) is 9.69 Å². The molecule has 1 aromatic rings. The molecule has 0 heterocycles. The Morgan fingerprint density at radius 3 is 2.42 bits per heavy atom. The number of likely N-dealkylation sites (N-methyl/N-ethyl adjacent to an activating group) is 1. The Balaban J connectivity index is 2.50. The quantitative estimate of drug-likeness (QED) is 0.835. The van der Waals surface area contributed by atoms with E-state index in [0.717, 1.165) is 10.2 Å². The molecule has 106 valence electrons. The molecule has 0 saturated heterocycles. The van der Waals surface area contributed by atoms with Crippen LogP contribution < -0.4 is 4.74 Å². The van der Waals surface area contributed by atoms with E-state index in [1.807, 2.05) is 36.1 Å². The van der Waals surface area contributed by atoms with E-state index < -0.39 is 11.5 Å². The van der Waals surface area contributed by atoms with E-state index in [9.17, 15) is 9.90 Å². The fourth-order valence-corrected chi connectivity index (χ4v) is 2.04. The number of carbonyl (C=O) groups is 1. The SMILES string of the molecule is CCN(CCOc1ccc(Br)cc1)C(C)(C)C(=O)O. The highest BCUT2D eigenvalue weighted by Gasteiger charge is 2.33. The van der Waals surface area contributed by atoms with Crippen molar-refractivity contribution in [2.75, 3.05) is 19.7 Å². The number of benzene rings is 1. The summed E-state index contributed by atoms with van der Waals surface area (Å²) in [5.74, 6) is -0.0367. The number of hydrogen-bond donors (Lipinski definition) is 1. The van der Waals surface area contributed by atoms with Gasteiger partial charge in [0.25, 0.3) is 0 Å². The lowest BCUT2D eigenvalue weighted by atomic mass is 10.0. The van der Waals surface area contributed by atoms with Crippen LogP contribution in [0.25, 0.3) is 0 Å². The Labute approximate surface area is 122 Å². The molecule has 0 aliphatic rings. The monoisotopic (exact) mass is 329 g/mol. The van der Waals surface area contributed by atoms with E-state index in [1.54, 1.807) is 13.8 Å². The van der Waals surface area contributed by atoms with Gasteiger partial charge in [0.15, 0.2) is 0 Å². The Hall–Kier alpha value is -1.07. The summed E-state index contributed by atoms with van der Waals surface area (Å²) in [5, 5.41) is 9.20. The molecule has 0 aliphatic heterocycles. The molecule has 1 rings (SSSR count). The maximum Gasteiger partial charge on any atom is 0.323 e. The summed E-state index contributed by atoms with van der Waals surface area (Å²) in [4.78, 5) is 13.1. The number of carboxylic acids is 1. The summed E-state index contributed by atoms with van der Waals surface area (Å²) < 4.78 is 6.61. The lowest BCUT2D eigenvalue weighted by molar-refractivity contribution is -0.149. The number of hydrogen-bond acceptors (Lipinski definition) is 3. The van der Waals surface area contributed by atoms with E-state index in [0.29, 0.717) is 19.7 Å². The molecule has 0 fully saturated rings. The topological polar surface area (TPSA) is 49.8 Å². The van der Waals surface area contributed by atoms with Crippen LogP contribution >= 0.6 is 15.9 Å². The number of halogens is 1. The lowest BCUT2D eigenvalue weighted by Gasteiger charge is -2.33. The minimum Gasteiger partial charge on any atom is -0.492 e. The summed E-state index contributed by atoms with van der Waals surface area (Å²) >= 11 is 3.36. The summed E-state index contributed by atoms with van der Waals surface area (Å²) in [6.07, 6.45) is 0. The van der Waals surface area contributed by atoms with Gasteiger partial charge in [0.05, 0.1) is 0 Å². The van der Waals surface area contributed by atoms with Crippen LogP contribution in [0.3, 0.4) is 0 Å². The highest BCUT2D eigenvalue weighted by molar-refractivity contribution is 9.10. The van der Waals surface area contributed by atoms with Gasteiger partial charge in [-0.2, -0.15) is 0 Å². The third kappa shape index (κ3) is 4.51. The average Bonchev–Trinajstić information content (AvgIpc) is 2.36. The summed E-state index contributed by atoms with van der Waals surface area (Å²) in [7, 11) is 0. The first-order valence-electron chi connectivity index (χ1n) is 6.24. The molecule has 0 spiro atoms. The second-order valence-electron chi connectivity index (χ2n) is 4.75. The molecular weight excluding hydrogens is 310 g/mol. The van der Waals surface area contributed by atoms with Crippen LogP contribution in [0.4, 0.5) is 0 Å². The van der Waals surface area contributed by atoms with Crippen LogP contribution in [-0.4, -0.2) is 41.2 Å². The van der Waals surface area contributed by atoms with Crippen LogP contribution in [0.2, 0.25) is 0 Å². The molecule has 1 N–H and O–H groups in total. The minimum absolute atomic E-state index is 0.464. The van der Waals surface area contributed by atoms with E-state index in [1.165, 1.54) is 0 Å². The molecule has 0 aliphatic carbocycles. The number of aliphatic carboxylic acids is 1. The van der Waals surface area contributed by atoms with Gasteiger partial charge in [-0.25, -0.2) is 0 Å². The molecule has 0 radical (unpaired) electrons. The molecule has 0 bridgehead atoms. The van der Waals surface area contributed by atoms with Crippen molar-refractivity contribution in [3.63, 3.8) is 0 Å². The highest BCUT2D eigenvalue weighted by atomic mass is 79.9. The molecule has 1 aromatic carbocycles. The fraction of sp³-hybridized carbons (Fsp3) is 0.500. The van der Waals surface area contributed by atoms with Gasteiger partial charge in [0, 0.05) is 11.0 Å². The normalized spacial score (nSPS) is 11.6. The Bertz CT molecular complexity index is 417. The van der Waals surface area contributed by atoms with Crippen molar-refractivity contribution < 1.29 is 14.6 Å². The molecule has 4 nitrogen and oxygen atoms in total. The Morgan fingerprint density at radius 1 is 1.37 bits per heavy atom. The molecule has 19 heavy (non-hydrogen) atoms. The summed E-state index contributed by atoms with van der Waals surface area (Å²) in [5.41, 5.74) is -0.877. The standard InChI is InChI=1S/C14H20BrNO3/c1-4-16(14(2,3)13(17)18)9-10-19-12-7-5-11(15)6-8-12/h5-8H,4,9-10H2,1-3H3,(H,17,18). The van der Waals surface area contributed by atoms with Crippen LogP contribution in [0, 0.1) is 0 Å². The van der Waals surface area contributed by atoms with E-state index in [-0.39, 0.29) is 0 Å². The summed E-state index contributed by atoms with van der Waals surface area (Å²) in [6, 6.07) is 7.58. The third-order valence-electron chi connectivity index (χ3n) is 3.14. The Kier molecular flexibility index (Phi) is 5.82. The fourth-order valence-electron chi connectivity index (χ4n) is 1.77. The largest absolute Gasteiger partial charge is 0.492 e. The zero-order chi connectivity index (χ0) is 14.5. The minimum atomic E-state index is -0.877. The molecule has 0 unspecified atom stereocenters. The average molecular weight is 330 g/mol. The first kappa shape index (κ1) is 16.0. The zero-order valence-electron chi connectivity index (χ0n) is 11.5. The molecule has 5 heteroatoms. The van der Waals surface area contributed by atoms with Crippen LogP contribution in [0.15, 0.2) is 28.7 Å². The molecular formula is C14H20BrNO3. The maximum absolute atomic E-state index is 11.2. The van der Waals surface area contributed by atoms with Crippen molar-refractivity contribution in [2.24, 2.45) is 0 Å². The smallest absolute Gasteiger partial charge is 0.323 e. The van der Waals surface area contributed by atoms with Gasteiger partial charge in [0.1, 0.15) is 17.9 Å². The third-order valence-corrected chi connectivity index (χ3v) is 3.67. The van der Waals surface area contributed by atoms with E-state index in [2.05, 4.69) is 15.9 Å². The van der Waals surface area contributed by atoms with Gasteiger partial charge in [-0.1, -0.05) is 22.9 Å². The number of carboxylic acid groups (broad SMARTS) is 1. The number of nitrogens with zero attached hydrogens (tertiary/aromatic N) is 1. The first-order valence-corrected chi connectivity index (χ1v) is 7.04. The Morgan fingerprint density at radius 2 is 1.95 bits per heavy atom. The predicted octanol–water partition coefficient (Wildman–Crippen LogP) is 3.01. The van der Waals surface area contributed by atoms with Crippen LogP contribution in [0.5, 0.6) is 5.75 Å². The second-order valence-corrected chi connectivity index (χ2v) is 5.66. The van der Waals surface area contributed by atoms with Gasteiger partial charge >= 0.3 is 5.97 Å². The molecule has 0 amide bonds. The van der Waals surface area contributed by atoms with E-state index in [4.69, 9.17) is 4.74 Å². The summed E-state index contributed by atoms with van der Waals surface area (Å²) in [6.45, 7) is 7.07. The second kappa shape index (κ2) is 6.91. The van der Waals surface area contributed by atoms with Crippen molar-refractivity contribution in [1.29, 1.82) is 0 Å². The first-order chi connectivity index (χ1) is 8.87. The van der Waals surface area contributed by atoms with E-state index >= 15 is 0 Å². The highest BCUT2D eigenvalue weighted by Crippen LogP contribution is 2.17. The number of ether oxygens (including phenoxy) is 1. The number of rotatable bonds is 7. The van der Waals surface area contributed by atoms with Crippen molar-refractivity contribution in [2.45, 2.75) is 26.3 Å². The molecule has 0 aromatic heterocycles. The lowest BCUT2D eigenvalue weighted by Crippen LogP contribution is -2.51. The molecule has 0 saturated carbocycles. The van der Waals surface area contributed by atoms with Crippen LogP contribution in [0.1, 0.15) is 20.8 Å². The maximum atomic E-state index is 11.2. The van der Waals surface area contributed by atoms with Crippen molar-refractivity contribution in [1.82, 2.24) is 4.90 Å². The van der Waals surface area contributed by atoms with Gasteiger partial charge in [-0.15, -0.1) is 0 Å².